The highest BCUT2D eigenvalue weighted by Crippen LogP contribution is 2.25. The topological polar surface area (TPSA) is 83.8 Å². The number of aromatic hydroxyl groups is 1. The van der Waals surface area contributed by atoms with Crippen LogP contribution in [0.1, 0.15) is 45.2 Å². The molecule has 2 rings (SSSR count). The molecule has 0 unspecified atom stereocenters. The molecule has 23 heavy (non-hydrogen) atoms. The van der Waals surface area contributed by atoms with E-state index >= 15 is 0 Å². The smallest absolute Gasteiger partial charge is 0.347 e. The van der Waals surface area contributed by atoms with Crippen LogP contribution in [0, 0.1) is 6.92 Å². The van der Waals surface area contributed by atoms with Crippen LogP contribution in [0.3, 0.4) is 0 Å². The van der Waals surface area contributed by atoms with Crippen LogP contribution in [0.25, 0.3) is 0 Å². The third-order valence-electron chi connectivity index (χ3n) is 3.39. The zero-order chi connectivity index (χ0) is 17.0. The Morgan fingerprint density at radius 2 is 1.78 bits per heavy atom. The molecule has 0 aliphatic carbocycles. The molecule has 0 radical (unpaired) electrons. The number of aryl methyl sites for hydroxylation is 2. The van der Waals surface area contributed by atoms with Crippen LogP contribution < -0.4 is 4.74 Å². The van der Waals surface area contributed by atoms with E-state index in [1.165, 1.54) is 24.3 Å². The van der Waals surface area contributed by atoms with Gasteiger partial charge >= 0.3 is 11.9 Å². The molecule has 0 bridgehead atoms. The van der Waals surface area contributed by atoms with Gasteiger partial charge in [0.25, 0.3) is 0 Å². The van der Waals surface area contributed by atoms with E-state index in [2.05, 4.69) is 0 Å². The van der Waals surface area contributed by atoms with Gasteiger partial charge in [-0.1, -0.05) is 25.5 Å². The molecule has 0 heterocycles. The number of phenolic OH excluding ortho intramolecular Hbond substituents is 1. The molecule has 0 aromatic heterocycles. The number of carbonyl (C=O) groups is 2. The third kappa shape index (κ3) is 3.88. The van der Waals surface area contributed by atoms with E-state index in [1.54, 1.807) is 19.1 Å². The first-order chi connectivity index (χ1) is 10.9. The summed E-state index contributed by atoms with van der Waals surface area (Å²) in [6, 6.07) is 9.23. The Hall–Kier alpha value is -2.82. The molecular weight excluding hydrogens is 296 g/mol. The molecule has 5 nitrogen and oxygen atoms in total. The molecule has 0 aliphatic heterocycles. The molecule has 0 amide bonds. The van der Waals surface area contributed by atoms with Crippen molar-refractivity contribution in [3.63, 3.8) is 0 Å². The number of benzene rings is 2. The number of hydrogen-bond acceptors (Lipinski definition) is 4. The van der Waals surface area contributed by atoms with E-state index < -0.39 is 11.9 Å². The van der Waals surface area contributed by atoms with Crippen LogP contribution in [0.15, 0.2) is 36.4 Å². The molecule has 0 fully saturated rings. The quantitative estimate of drug-likeness (QED) is 0.651. The predicted molar refractivity (Wildman–Crippen MR) is 85.2 cm³/mol. The van der Waals surface area contributed by atoms with Crippen molar-refractivity contribution in [2.24, 2.45) is 0 Å². The van der Waals surface area contributed by atoms with Crippen LogP contribution in [0.4, 0.5) is 0 Å². The van der Waals surface area contributed by atoms with Crippen molar-refractivity contribution in [2.45, 2.75) is 26.7 Å². The molecule has 120 valence electrons. The second-order valence-corrected chi connectivity index (χ2v) is 5.30. The highest BCUT2D eigenvalue weighted by molar-refractivity contribution is 5.97. The first-order valence-electron chi connectivity index (χ1n) is 7.30. The highest BCUT2D eigenvalue weighted by atomic mass is 16.5. The summed E-state index contributed by atoms with van der Waals surface area (Å²) >= 11 is 0. The van der Waals surface area contributed by atoms with Gasteiger partial charge in [-0.05, 0) is 48.7 Å². The average Bonchev–Trinajstić information content (AvgIpc) is 2.47. The number of hydrogen-bond donors (Lipinski definition) is 2. The summed E-state index contributed by atoms with van der Waals surface area (Å²) in [5, 5.41) is 19.1. The van der Waals surface area contributed by atoms with Gasteiger partial charge in [0.1, 0.15) is 22.6 Å². The van der Waals surface area contributed by atoms with Crippen molar-refractivity contribution in [3.8, 4) is 11.5 Å². The fourth-order valence-electron chi connectivity index (χ4n) is 2.24. The van der Waals surface area contributed by atoms with E-state index in [0.717, 1.165) is 24.0 Å². The largest absolute Gasteiger partial charge is 0.507 e. The molecule has 0 saturated heterocycles. The molecular formula is C18H18O5. The standard InChI is InChI=1S/C18H18O5/c1-3-4-12-6-8-13(15(19)10-12)18(22)23-16-9-11(2)5-7-14(16)17(20)21/h5-10,19H,3-4H2,1-2H3,(H,20,21). The van der Waals surface area contributed by atoms with Crippen molar-refractivity contribution in [2.75, 3.05) is 0 Å². The van der Waals surface area contributed by atoms with E-state index in [1.807, 2.05) is 6.92 Å². The van der Waals surface area contributed by atoms with Gasteiger partial charge in [-0.2, -0.15) is 0 Å². The summed E-state index contributed by atoms with van der Waals surface area (Å²) in [5.41, 5.74) is 1.58. The van der Waals surface area contributed by atoms with Crippen molar-refractivity contribution in [1.29, 1.82) is 0 Å². The van der Waals surface area contributed by atoms with Crippen LogP contribution in [0.5, 0.6) is 11.5 Å². The van der Waals surface area contributed by atoms with Gasteiger partial charge in [0.15, 0.2) is 0 Å². The Kier molecular flexibility index (Phi) is 5.01. The molecule has 0 aliphatic rings. The summed E-state index contributed by atoms with van der Waals surface area (Å²) in [6.45, 7) is 3.78. The van der Waals surface area contributed by atoms with E-state index in [4.69, 9.17) is 9.84 Å². The van der Waals surface area contributed by atoms with Gasteiger partial charge in [0.2, 0.25) is 0 Å². The van der Waals surface area contributed by atoms with Crippen molar-refractivity contribution < 1.29 is 24.5 Å². The summed E-state index contributed by atoms with van der Waals surface area (Å²) < 4.78 is 5.17. The molecule has 5 heteroatoms. The number of esters is 1. The maximum absolute atomic E-state index is 12.2. The minimum absolute atomic E-state index is 0.00250. The summed E-state index contributed by atoms with van der Waals surface area (Å²) in [5.74, 6) is -2.20. The molecule has 0 atom stereocenters. The monoisotopic (exact) mass is 314 g/mol. The van der Waals surface area contributed by atoms with Gasteiger partial charge in [-0.25, -0.2) is 9.59 Å². The second kappa shape index (κ2) is 6.96. The van der Waals surface area contributed by atoms with E-state index in [9.17, 15) is 14.7 Å². The lowest BCUT2D eigenvalue weighted by molar-refractivity contribution is 0.0681. The van der Waals surface area contributed by atoms with Crippen LogP contribution >= 0.6 is 0 Å². The third-order valence-corrected chi connectivity index (χ3v) is 3.39. The fourth-order valence-corrected chi connectivity index (χ4v) is 2.24. The van der Waals surface area contributed by atoms with Crippen LogP contribution in [-0.4, -0.2) is 22.2 Å². The zero-order valence-corrected chi connectivity index (χ0v) is 13.0. The molecule has 0 spiro atoms. The van der Waals surface area contributed by atoms with Gasteiger partial charge in [0.05, 0.1) is 0 Å². The van der Waals surface area contributed by atoms with E-state index in [0.29, 0.717) is 0 Å². The Morgan fingerprint density at radius 3 is 2.39 bits per heavy atom. The first kappa shape index (κ1) is 16.5. The molecule has 2 aromatic carbocycles. The Balaban J connectivity index is 2.29. The summed E-state index contributed by atoms with van der Waals surface area (Å²) in [4.78, 5) is 23.4. The second-order valence-electron chi connectivity index (χ2n) is 5.30. The maximum atomic E-state index is 12.2. The van der Waals surface area contributed by atoms with Gasteiger partial charge in [-0.15, -0.1) is 0 Å². The summed E-state index contributed by atoms with van der Waals surface area (Å²) in [6.07, 6.45) is 1.72. The van der Waals surface area contributed by atoms with Crippen LogP contribution in [0.2, 0.25) is 0 Å². The highest BCUT2D eigenvalue weighted by Gasteiger charge is 2.18. The molecule has 2 N–H and O–H groups in total. The normalized spacial score (nSPS) is 10.3. The number of ether oxygens (including phenoxy) is 1. The van der Waals surface area contributed by atoms with Gasteiger partial charge in [0, 0.05) is 0 Å². The van der Waals surface area contributed by atoms with Crippen molar-refractivity contribution >= 4 is 11.9 Å². The fraction of sp³-hybridized carbons (Fsp3) is 0.222. The zero-order valence-electron chi connectivity index (χ0n) is 13.0. The lowest BCUT2D eigenvalue weighted by Gasteiger charge is -2.10. The number of phenols is 1. The SMILES string of the molecule is CCCc1ccc(C(=O)Oc2cc(C)ccc2C(=O)O)c(O)c1. The lowest BCUT2D eigenvalue weighted by atomic mass is 10.1. The number of carbonyl (C=O) groups excluding carboxylic acids is 1. The van der Waals surface area contributed by atoms with Crippen molar-refractivity contribution in [1.82, 2.24) is 0 Å². The average molecular weight is 314 g/mol. The summed E-state index contributed by atoms with van der Waals surface area (Å²) in [7, 11) is 0. The Labute approximate surface area is 134 Å². The Morgan fingerprint density at radius 1 is 1.09 bits per heavy atom. The van der Waals surface area contributed by atoms with E-state index in [-0.39, 0.29) is 22.6 Å². The van der Waals surface area contributed by atoms with Crippen molar-refractivity contribution in [3.05, 3.63) is 58.7 Å². The van der Waals surface area contributed by atoms with Crippen LogP contribution in [-0.2, 0) is 6.42 Å². The minimum Gasteiger partial charge on any atom is -0.507 e. The Bertz CT molecular complexity index is 749. The number of carboxylic acid groups (broad SMARTS) is 1. The first-order valence-corrected chi connectivity index (χ1v) is 7.30. The lowest BCUT2D eigenvalue weighted by Crippen LogP contribution is -2.12. The van der Waals surface area contributed by atoms with Gasteiger partial charge < -0.3 is 14.9 Å². The number of carboxylic acids is 1. The minimum atomic E-state index is -1.18. The molecule has 2 aromatic rings. The maximum Gasteiger partial charge on any atom is 0.347 e. The molecule has 0 saturated carbocycles. The number of rotatable bonds is 5. The number of aromatic carboxylic acids is 1. The van der Waals surface area contributed by atoms with Gasteiger partial charge in [-0.3, -0.25) is 0 Å². The predicted octanol–water partition coefficient (Wildman–Crippen LogP) is 3.57.